The maximum absolute atomic E-state index is 12.5. The van der Waals surface area contributed by atoms with E-state index in [4.69, 9.17) is 4.74 Å². The van der Waals surface area contributed by atoms with Crippen molar-refractivity contribution in [1.82, 2.24) is 14.8 Å². The van der Waals surface area contributed by atoms with Crippen molar-refractivity contribution in [1.29, 1.82) is 0 Å². The Morgan fingerprint density at radius 1 is 1.08 bits per heavy atom. The number of carbonyl (C=O) groups excluding carboxylic acids is 1. The molecule has 0 spiro atoms. The number of carbonyl (C=O) groups is 1. The molecule has 0 bridgehead atoms. The van der Waals surface area contributed by atoms with Gasteiger partial charge in [0.25, 0.3) is 5.91 Å². The minimum absolute atomic E-state index is 0.0855. The molecule has 0 aliphatic carbocycles. The van der Waals surface area contributed by atoms with Crippen molar-refractivity contribution in [2.75, 3.05) is 39.8 Å². The second-order valence-electron chi connectivity index (χ2n) is 6.42. The number of nitrogens with zero attached hydrogens (tertiary/aromatic N) is 3. The van der Waals surface area contributed by atoms with Crippen molar-refractivity contribution in [3.8, 4) is 5.75 Å². The fourth-order valence-corrected chi connectivity index (χ4v) is 3.03. The summed E-state index contributed by atoms with van der Waals surface area (Å²) in [6.45, 7) is 6.32. The Labute approximate surface area is 149 Å². The molecule has 1 aromatic heterocycles. The zero-order valence-corrected chi connectivity index (χ0v) is 14.9. The van der Waals surface area contributed by atoms with Gasteiger partial charge >= 0.3 is 0 Å². The standard InChI is InChI=1S/C20H25N3O2/c1-16-3-6-18(15-21-16)20(24)23-13-11-22(12-14-23)10-9-17-4-7-19(25-2)8-5-17/h3-8,15H,9-14H2,1-2H3. The van der Waals surface area contributed by atoms with Gasteiger partial charge in [-0.05, 0) is 43.2 Å². The molecule has 2 heterocycles. The average Bonchev–Trinajstić information content (AvgIpc) is 2.67. The van der Waals surface area contributed by atoms with Crippen LogP contribution in [0.2, 0.25) is 0 Å². The summed E-state index contributed by atoms with van der Waals surface area (Å²) >= 11 is 0. The highest BCUT2D eigenvalue weighted by Crippen LogP contribution is 2.13. The van der Waals surface area contributed by atoms with Crippen LogP contribution in [0.3, 0.4) is 0 Å². The Morgan fingerprint density at radius 2 is 1.80 bits per heavy atom. The van der Waals surface area contributed by atoms with Crippen LogP contribution in [-0.2, 0) is 6.42 Å². The summed E-state index contributed by atoms with van der Waals surface area (Å²) in [5.74, 6) is 0.976. The number of aromatic nitrogens is 1. The lowest BCUT2D eigenvalue weighted by molar-refractivity contribution is 0.0638. The zero-order valence-electron chi connectivity index (χ0n) is 14.9. The van der Waals surface area contributed by atoms with Gasteiger partial charge in [-0.1, -0.05) is 12.1 Å². The lowest BCUT2D eigenvalue weighted by atomic mass is 10.1. The predicted molar refractivity (Wildman–Crippen MR) is 98.0 cm³/mol. The number of hydrogen-bond acceptors (Lipinski definition) is 4. The quantitative estimate of drug-likeness (QED) is 0.839. The number of benzene rings is 1. The van der Waals surface area contributed by atoms with Crippen LogP contribution >= 0.6 is 0 Å². The van der Waals surface area contributed by atoms with Crippen molar-refractivity contribution < 1.29 is 9.53 Å². The van der Waals surface area contributed by atoms with E-state index in [0.717, 1.165) is 50.6 Å². The van der Waals surface area contributed by atoms with E-state index in [0.29, 0.717) is 5.56 Å². The highest BCUT2D eigenvalue weighted by molar-refractivity contribution is 5.94. The number of piperazine rings is 1. The highest BCUT2D eigenvalue weighted by Gasteiger charge is 2.22. The summed E-state index contributed by atoms with van der Waals surface area (Å²) in [7, 11) is 1.68. The Morgan fingerprint density at radius 3 is 2.40 bits per heavy atom. The van der Waals surface area contributed by atoms with E-state index in [1.807, 2.05) is 36.1 Å². The monoisotopic (exact) mass is 339 g/mol. The summed E-state index contributed by atoms with van der Waals surface area (Å²) < 4.78 is 5.19. The van der Waals surface area contributed by atoms with Gasteiger partial charge in [0.15, 0.2) is 0 Å². The molecule has 132 valence electrons. The van der Waals surface area contributed by atoms with Gasteiger partial charge in [0.05, 0.1) is 12.7 Å². The van der Waals surface area contributed by atoms with Crippen LogP contribution in [0.5, 0.6) is 5.75 Å². The lowest BCUT2D eigenvalue weighted by Gasteiger charge is -2.34. The van der Waals surface area contributed by atoms with Crippen LogP contribution < -0.4 is 4.74 Å². The number of aryl methyl sites for hydroxylation is 1. The van der Waals surface area contributed by atoms with Crippen molar-refractivity contribution in [2.24, 2.45) is 0 Å². The molecule has 0 radical (unpaired) electrons. The molecular weight excluding hydrogens is 314 g/mol. The van der Waals surface area contributed by atoms with Crippen LogP contribution in [0.25, 0.3) is 0 Å². The van der Waals surface area contributed by atoms with Gasteiger partial charge < -0.3 is 9.64 Å². The molecule has 1 aliphatic rings. The highest BCUT2D eigenvalue weighted by atomic mass is 16.5. The van der Waals surface area contributed by atoms with E-state index in [-0.39, 0.29) is 5.91 Å². The van der Waals surface area contributed by atoms with Crippen molar-refractivity contribution in [3.05, 3.63) is 59.4 Å². The summed E-state index contributed by atoms with van der Waals surface area (Å²) in [5.41, 5.74) is 2.92. The normalized spacial score (nSPS) is 15.2. The van der Waals surface area contributed by atoms with Crippen LogP contribution in [0, 0.1) is 6.92 Å². The molecule has 25 heavy (non-hydrogen) atoms. The van der Waals surface area contributed by atoms with Crippen molar-refractivity contribution in [2.45, 2.75) is 13.3 Å². The molecule has 0 N–H and O–H groups in total. The number of amides is 1. The van der Waals surface area contributed by atoms with E-state index < -0.39 is 0 Å². The molecule has 3 rings (SSSR count). The van der Waals surface area contributed by atoms with Crippen molar-refractivity contribution >= 4 is 5.91 Å². The van der Waals surface area contributed by atoms with Gasteiger partial charge in [-0.25, -0.2) is 0 Å². The van der Waals surface area contributed by atoms with E-state index in [1.165, 1.54) is 5.56 Å². The van der Waals surface area contributed by atoms with E-state index in [9.17, 15) is 4.79 Å². The number of methoxy groups -OCH3 is 1. The molecule has 5 nitrogen and oxygen atoms in total. The van der Waals surface area contributed by atoms with Gasteiger partial charge in [0, 0.05) is 44.6 Å². The van der Waals surface area contributed by atoms with Crippen LogP contribution in [0.15, 0.2) is 42.6 Å². The molecule has 2 aromatic rings. The maximum atomic E-state index is 12.5. The molecular formula is C20H25N3O2. The van der Waals surface area contributed by atoms with Gasteiger partial charge in [-0.2, -0.15) is 0 Å². The van der Waals surface area contributed by atoms with Gasteiger partial charge in [0.2, 0.25) is 0 Å². The third kappa shape index (κ3) is 4.57. The molecule has 1 saturated heterocycles. The van der Waals surface area contributed by atoms with Crippen LogP contribution in [-0.4, -0.2) is 60.5 Å². The van der Waals surface area contributed by atoms with Crippen LogP contribution in [0.4, 0.5) is 0 Å². The van der Waals surface area contributed by atoms with E-state index >= 15 is 0 Å². The second-order valence-corrected chi connectivity index (χ2v) is 6.42. The zero-order chi connectivity index (χ0) is 17.6. The summed E-state index contributed by atoms with van der Waals surface area (Å²) in [4.78, 5) is 21.1. The smallest absolute Gasteiger partial charge is 0.255 e. The molecule has 1 aliphatic heterocycles. The Hall–Kier alpha value is -2.40. The number of ether oxygens (including phenoxy) is 1. The van der Waals surface area contributed by atoms with Crippen LogP contribution in [0.1, 0.15) is 21.6 Å². The number of pyridine rings is 1. The Kier molecular flexibility index (Phi) is 5.66. The first kappa shape index (κ1) is 17.4. The Balaban J connectivity index is 1.46. The van der Waals surface area contributed by atoms with Gasteiger partial charge in [0.1, 0.15) is 5.75 Å². The largest absolute Gasteiger partial charge is 0.497 e. The van der Waals surface area contributed by atoms with Gasteiger partial charge in [-0.3, -0.25) is 14.7 Å². The Bertz CT molecular complexity index is 690. The fraction of sp³-hybridized carbons (Fsp3) is 0.400. The molecule has 5 heteroatoms. The van der Waals surface area contributed by atoms with Crippen molar-refractivity contribution in [3.63, 3.8) is 0 Å². The van der Waals surface area contributed by atoms with Gasteiger partial charge in [-0.15, -0.1) is 0 Å². The third-order valence-corrected chi connectivity index (χ3v) is 4.69. The minimum Gasteiger partial charge on any atom is -0.497 e. The third-order valence-electron chi connectivity index (χ3n) is 4.69. The topological polar surface area (TPSA) is 45.7 Å². The number of rotatable bonds is 5. The average molecular weight is 339 g/mol. The first-order valence-electron chi connectivity index (χ1n) is 8.73. The first-order valence-corrected chi connectivity index (χ1v) is 8.73. The maximum Gasteiger partial charge on any atom is 0.255 e. The summed E-state index contributed by atoms with van der Waals surface area (Å²) in [5, 5.41) is 0. The lowest BCUT2D eigenvalue weighted by Crippen LogP contribution is -2.49. The molecule has 0 unspecified atom stereocenters. The minimum atomic E-state index is 0.0855. The van der Waals surface area contributed by atoms with E-state index in [2.05, 4.69) is 22.0 Å². The molecule has 0 atom stereocenters. The molecule has 0 saturated carbocycles. The first-order chi connectivity index (χ1) is 12.2. The van der Waals surface area contributed by atoms with E-state index in [1.54, 1.807) is 13.3 Å². The molecule has 1 fully saturated rings. The predicted octanol–water partition coefficient (Wildman–Crippen LogP) is 2.40. The second kappa shape index (κ2) is 8.12. The SMILES string of the molecule is COc1ccc(CCN2CCN(C(=O)c3ccc(C)nc3)CC2)cc1. The fourth-order valence-electron chi connectivity index (χ4n) is 3.03. The summed E-state index contributed by atoms with van der Waals surface area (Å²) in [6.07, 6.45) is 2.69. The number of hydrogen-bond donors (Lipinski definition) is 0. The molecule has 1 aromatic carbocycles. The summed E-state index contributed by atoms with van der Waals surface area (Å²) in [6, 6.07) is 12.0. The molecule has 1 amide bonds.